The van der Waals surface area contributed by atoms with E-state index in [1.54, 1.807) is 0 Å². The van der Waals surface area contributed by atoms with Crippen LogP contribution in [0.2, 0.25) is 5.02 Å². The van der Waals surface area contributed by atoms with Crippen molar-refractivity contribution >= 4 is 34.6 Å². The van der Waals surface area contributed by atoms with Crippen LogP contribution in [0.15, 0.2) is 42.5 Å². The number of amides is 1. The molecule has 1 amide bonds. The summed E-state index contributed by atoms with van der Waals surface area (Å²) in [4.78, 5) is 19.1. The zero-order valence-electron chi connectivity index (χ0n) is 18.9. The first-order chi connectivity index (χ1) is 15.6. The van der Waals surface area contributed by atoms with Crippen LogP contribution in [-0.2, 0) is 11.3 Å². The van der Waals surface area contributed by atoms with Gasteiger partial charge in [0.05, 0.1) is 17.3 Å². The number of carbonyl (C=O) groups is 1. The Hall–Kier alpha value is -2.28. The van der Waals surface area contributed by atoms with E-state index < -0.39 is 0 Å². The van der Waals surface area contributed by atoms with Crippen molar-refractivity contribution in [2.75, 3.05) is 63.1 Å². The Labute approximate surface area is 196 Å². The number of rotatable bonds is 7. The first-order valence-corrected chi connectivity index (χ1v) is 12.0. The lowest BCUT2D eigenvalue weighted by Crippen LogP contribution is -2.48. The first kappa shape index (κ1) is 22.9. The lowest BCUT2D eigenvalue weighted by molar-refractivity contribution is -0.122. The highest BCUT2D eigenvalue weighted by Gasteiger charge is 2.16. The van der Waals surface area contributed by atoms with E-state index in [-0.39, 0.29) is 5.91 Å². The summed E-state index contributed by atoms with van der Waals surface area (Å²) >= 11 is 6.57. The van der Waals surface area contributed by atoms with Gasteiger partial charge >= 0.3 is 0 Å². The van der Waals surface area contributed by atoms with Crippen molar-refractivity contribution in [2.45, 2.75) is 25.8 Å². The number of hydrogen-bond acceptors (Lipinski definition) is 5. The van der Waals surface area contributed by atoms with Gasteiger partial charge in [-0.05, 0) is 62.2 Å². The number of benzene rings is 2. The van der Waals surface area contributed by atoms with Gasteiger partial charge in [0, 0.05) is 57.2 Å². The van der Waals surface area contributed by atoms with E-state index in [0.29, 0.717) is 13.1 Å². The van der Waals surface area contributed by atoms with Crippen molar-refractivity contribution in [2.24, 2.45) is 0 Å². The van der Waals surface area contributed by atoms with Crippen LogP contribution in [0, 0.1) is 0 Å². The molecule has 2 aromatic rings. The quantitative estimate of drug-likeness (QED) is 0.662. The van der Waals surface area contributed by atoms with Crippen LogP contribution in [0.4, 0.5) is 17.1 Å². The molecule has 2 N–H and O–H groups in total. The summed E-state index contributed by atoms with van der Waals surface area (Å²) in [5.41, 5.74) is 4.18. The second-order valence-electron chi connectivity index (χ2n) is 8.89. The third-order valence-electron chi connectivity index (χ3n) is 6.34. The van der Waals surface area contributed by atoms with Gasteiger partial charge in [0.25, 0.3) is 0 Å². The Morgan fingerprint density at radius 3 is 2.28 bits per heavy atom. The van der Waals surface area contributed by atoms with E-state index in [9.17, 15) is 4.79 Å². The van der Waals surface area contributed by atoms with Crippen LogP contribution < -0.4 is 15.5 Å². The highest BCUT2D eigenvalue weighted by atomic mass is 35.5. The second kappa shape index (κ2) is 11.0. The van der Waals surface area contributed by atoms with Gasteiger partial charge in [-0.3, -0.25) is 9.69 Å². The normalized spacial score (nSPS) is 17.9. The van der Waals surface area contributed by atoms with Gasteiger partial charge in [-0.1, -0.05) is 23.7 Å². The molecule has 4 rings (SSSR count). The lowest BCUT2D eigenvalue weighted by atomic mass is 10.1. The third kappa shape index (κ3) is 6.37. The van der Waals surface area contributed by atoms with E-state index in [2.05, 4.69) is 44.5 Å². The van der Waals surface area contributed by atoms with Gasteiger partial charge in [0.15, 0.2) is 0 Å². The minimum absolute atomic E-state index is 0.0835. The van der Waals surface area contributed by atoms with Crippen molar-refractivity contribution in [3.63, 3.8) is 0 Å². The van der Waals surface area contributed by atoms with Crippen molar-refractivity contribution < 1.29 is 4.79 Å². The van der Waals surface area contributed by atoms with Crippen LogP contribution in [0.3, 0.4) is 0 Å². The fraction of sp³-hybridized carbons (Fsp3) is 0.480. The fourth-order valence-electron chi connectivity index (χ4n) is 4.31. The van der Waals surface area contributed by atoms with Crippen molar-refractivity contribution in [3.8, 4) is 0 Å². The Kier molecular flexibility index (Phi) is 7.90. The van der Waals surface area contributed by atoms with Gasteiger partial charge < -0.3 is 20.4 Å². The Morgan fingerprint density at radius 1 is 0.906 bits per heavy atom. The average Bonchev–Trinajstić information content (AvgIpc) is 2.81. The van der Waals surface area contributed by atoms with E-state index in [1.165, 1.54) is 19.3 Å². The molecule has 32 heavy (non-hydrogen) atoms. The molecule has 2 aliphatic rings. The summed E-state index contributed by atoms with van der Waals surface area (Å²) < 4.78 is 0. The molecule has 6 nitrogen and oxygen atoms in total. The largest absolute Gasteiger partial charge is 0.370 e. The maximum Gasteiger partial charge on any atom is 0.234 e. The molecule has 2 aromatic carbocycles. The molecule has 0 saturated carbocycles. The molecule has 0 bridgehead atoms. The standard InChI is InChI=1S/C25H34ClN5O/c1-29-13-15-30(16-14-29)19-25(32)27-18-20-5-7-21(8-6-20)28-22-9-10-24(23(26)17-22)31-11-3-2-4-12-31/h5-10,17,28H,2-4,11-16,18-19H2,1H3,(H,27,32). The van der Waals surface area contributed by atoms with Crippen molar-refractivity contribution in [1.82, 2.24) is 15.1 Å². The molecule has 2 aliphatic heterocycles. The molecule has 0 radical (unpaired) electrons. The Bertz CT molecular complexity index is 890. The van der Waals surface area contributed by atoms with E-state index >= 15 is 0 Å². The van der Waals surface area contributed by atoms with Gasteiger partial charge in [0.2, 0.25) is 5.91 Å². The molecule has 0 aliphatic carbocycles. The molecule has 0 spiro atoms. The second-order valence-corrected chi connectivity index (χ2v) is 9.30. The zero-order chi connectivity index (χ0) is 22.3. The minimum atomic E-state index is 0.0835. The molecule has 0 atom stereocenters. The molecule has 2 heterocycles. The molecule has 0 aromatic heterocycles. The number of anilines is 3. The maximum atomic E-state index is 12.3. The predicted molar refractivity (Wildman–Crippen MR) is 133 cm³/mol. The Balaban J connectivity index is 1.25. The van der Waals surface area contributed by atoms with Gasteiger partial charge in [-0.2, -0.15) is 0 Å². The Morgan fingerprint density at radius 2 is 1.59 bits per heavy atom. The monoisotopic (exact) mass is 455 g/mol. The van der Waals surface area contributed by atoms with Crippen LogP contribution in [-0.4, -0.2) is 68.6 Å². The number of carbonyl (C=O) groups excluding carboxylic acids is 1. The third-order valence-corrected chi connectivity index (χ3v) is 6.64. The van der Waals surface area contributed by atoms with Gasteiger partial charge in [-0.25, -0.2) is 0 Å². The van der Waals surface area contributed by atoms with E-state index in [4.69, 9.17) is 11.6 Å². The van der Waals surface area contributed by atoms with Gasteiger partial charge in [-0.15, -0.1) is 0 Å². The van der Waals surface area contributed by atoms with Gasteiger partial charge in [0.1, 0.15) is 0 Å². The summed E-state index contributed by atoms with van der Waals surface area (Å²) in [6, 6.07) is 14.4. The lowest BCUT2D eigenvalue weighted by Gasteiger charge is -2.31. The SMILES string of the molecule is CN1CCN(CC(=O)NCc2ccc(Nc3ccc(N4CCCCC4)c(Cl)c3)cc2)CC1. The topological polar surface area (TPSA) is 50.9 Å². The van der Waals surface area contributed by atoms with Crippen molar-refractivity contribution in [1.29, 1.82) is 0 Å². The first-order valence-electron chi connectivity index (χ1n) is 11.6. The fourth-order valence-corrected chi connectivity index (χ4v) is 4.61. The maximum absolute atomic E-state index is 12.3. The average molecular weight is 456 g/mol. The van der Waals surface area contributed by atoms with E-state index in [1.807, 2.05) is 30.3 Å². The number of piperazine rings is 1. The van der Waals surface area contributed by atoms with Crippen LogP contribution in [0.1, 0.15) is 24.8 Å². The molecular weight excluding hydrogens is 422 g/mol. The van der Waals surface area contributed by atoms with Crippen LogP contribution >= 0.6 is 11.6 Å². The molecule has 2 saturated heterocycles. The molecule has 2 fully saturated rings. The highest BCUT2D eigenvalue weighted by molar-refractivity contribution is 6.33. The molecule has 172 valence electrons. The number of nitrogens with zero attached hydrogens (tertiary/aromatic N) is 3. The molecular formula is C25H34ClN5O. The number of piperidine rings is 1. The summed E-state index contributed by atoms with van der Waals surface area (Å²) in [5.74, 6) is 0.0835. The number of likely N-dealkylation sites (N-methyl/N-ethyl adjacent to an activating group) is 1. The molecule has 0 unspecified atom stereocenters. The summed E-state index contributed by atoms with van der Waals surface area (Å²) in [6.07, 6.45) is 3.78. The minimum Gasteiger partial charge on any atom is -0.370 e. The summed E-state index contributed by atoms with van der Waals surface area (Å²) in [6.45, 7) is 7.13. The summed E-state index contributed by atoms with van der Waals surface area (Å²) in [5, 5.41) is 7.25. The summed E-state index contributed by atoms with van der Waals surface area (Å²) in [7, 11) is 2.12. The van der Waals surface area contributed by atoms with Crippen LogP contribution in [0.25, 0.3) is 0 Å². The number of hydrogen-bond donors (Lipinski definition) is 2. The zero-order valence-corrected chi connectivity index (χ0v) is 19.7. The predicted octanol–water partition coefficient (Wildman–Crippen LogP) is 3.94. The van der Waals surface area contributed by atoms with Crippen LogP contribution in [0.5, 0.6) is 0 Å². The highest BCUT2D eigenvalue weighted by Crippen LogP contribution is 2.31. The number of nitrogens with one attached hydrogen (secondary N) is 2. The van der Waals surface area contributed by atoms with Crippen molar-refractivity contribution in [3.05, 3.63) is 53.1 Å². The smallest absolute Gasteiger partial charge is 0.234 e. The molecule has 7 heteroatoms. The van der Waals surface area contributed by atoms with E-state index in [0.717, 1.165) is 66.9 Å². The number of halogens is 1.